The molecule has 0 aliphatic carbocycles. The number of imidazole rings is 2. The quantitative estimate of drug-likeness (QED) is 0.129. The molecule has 0 amide bonds. The largest absolute Gasteiger partial charge is 0.435 e. The number of aryl methyl sites for hydroxylation is 3. The van der Waals surface area contributed by atoms with Crippen molar-refractivity contribution in [2.45, 2.75) is 52.7 Å². The second kappa shape index (κ2) is 12.2. The van der Waals surface area contributed by atoms with Crippen LogP contribution in [-0.2, 0) is 11.5 Å². The minimum atomic E-state index is -2.93. The molecule has 0 fully saturated rings. The van der Waals surface area contributed by atoms with Gasteiger partial charge in [0.1, 0.15) is 5.75 Å². The highest BCUT2D eigenvalue weighted by atomic mass is 33.1. The monoisotopic (exact) mass is 648 g/mol. The second-order valence-corrected chi connectivity index (χ2v) is 13.4. The Labute approximate surface area is 264 Å². The van der Waals surface area contributed by atoms with E-state index >= 15 is 0 Å². The molecule has 9 nitrogen and oxygen atoms in total. The van der Waals surface area contributed by atoms with Crippen molar-refractivity contribution in [3.05, 3.63) is 108 Å². The summed E-state index contributed by atoms with van der Waals surface area (Å²) in [5.74, 6) is 2.08. The van der Waals surface area contributed by atoms with Crippen LogP contribution >= 0.6 is 21.6 Å². The summed E-state index contributed by atoms with van der Waals surface area (Å²) in [6.07, 6.45) is 3.55. The zero-order chi connectivity index (χ0) is 32.0. The molecule has 13 heteroatoms. The van der Waals surface area contributed by atoms with Crippen LogP contribution in [0.1, 0.15) is 39.2 Å². The van der Waals surface area contributed by atoms with Gasteiger partial charge >= 0.3 is 6.61 Å². The van der Waals surface area contributed by atoms with Crippen LogP contribution in [0.2, 0.25) is 0 Å². The topological polar surface area (TPSA) is 111 Å². The first-order chi connectivity index (χ1) is 21.5. The zero-order valence-electron chi connectivity index (χ0n) is 25.2. The van der Waals surface area contributed by atoms with Gasteiger partial charge in [0.2, 0.25) is 11.9 Å². The minimum Gasteiger partial charge on any atom is -0.435 e. The number of rotatable bonds is 9. The standard InChI is InChI=1S/C32H30F2N6O3S2/c1-16-6-8-22-24(10-16)37-31(35-22)39-12-17(2)28(41)19(4)26(39)14-44-45-15-27-20(5)29(42)18(3)13-40(27)32-36-23-9-7-21(43-30(33)34)11-25(23)38-32/h6-13,30H,14-15H2,1-5H3,(H,35,37)(H,36,38). The Bertz CT molecular complexity index is 2200. The third-order valence-electron chi connectivity index (χ3n) is 7.71. The minimum absolute atomic E-state index is 0.00554. The Balaban J connectivity index is 1.28. The van der Waals surface area contributed by atoms with Crippen molar-refractivity contribution < 1.29 is 13.5 Å². The highest BCUT2D eigenvalue weighted by molar-refractivity contribution is 8.76. The van der Waals surface area contributed by atoms with E-state index in [4.69, 9.17) is 4.98 Å². The van der Waals surface area contributed by atoms with Crippen molar-refractivity contribution >= 4 is 43.7 Å². The van der Waals surface area contributed by atoms with Crippen molar-refractivity contribution in [1.29, 1.82) is 0 Å². The van der Waals surface area contributed by atoms with Gasteiger partial charge in [-0.1, -0.05) is 27.7 Å². The van der Waals surface area contributed by atoms with Crippen LogP contribution in [0.3, 0.4) is 0 Å². The smallest absolute Gasteiger partial charge is 0.387 e. The number of nitrogens with one attached hydrogen (secondary N) is 2. The molecule has 0 saturated heterocycles. The summed E-state index contributed by atoms with van der Waals surface area (Å²) in [6.45, 7) is 6.26. The third-order valence-corrected chi connectivity index (χ3v) is 9.87. The molecule has 0 saturated carbocycles. The molecule has 6 rings (SSSR count). The molecule has 0 spiro atoms. The van der Waals surface area contributed by atoms with Crippen molar-refractivity contribution in [2.24, 2.45) is 0 Å². The van der Waals surface area contributed by atoms with Gasteiger partial charge in [0.15, 0.2) is 10.9 Å². The Morgan fingerprint density at radius 2 is 1.24 bits per heavy atom. The number of pyridine rings is 2. The van der Waals surface area contributed by atoms with Gasteiger partial charge in [-0.3, -0.25) is 18.7 Å². The molecular weight excluding hydrogens is 619 g/mol. The predicted octanol–water partition coefficient (Wildman–Crippen LogP) is 6.97. The lowest BCUT2D eigenvalue weighted by Gasteiger charge is -2.16. The fraction of sp³-hybridized carbons (Fsp3) is 0.250. The fourth-order valence-electron chi connectivity index (χ4n) is 5.29. The Morgan fingerprint density at radius 1 is 0.756 bits per heavy atom. The van der Waals surface area contributed by atoms with E-state index in [2.05, 4.69) is 19.7 Å². The van der Waals surface area contributed by atoms with Crippen LogP contribution in [0.4, 0.5) is 8.78 Å². The van der Waals surface area contributed by atoms with Crippen LogP contribution in [0.5, 0.6) is 5.75 Å². The average Bonchev–Trinajstić information content (AvgIpc) is 3.61. The maximum absolute atomic E-state index is 13.0. The number of alkyl halides is 2. The molecule has 4 heterocycles. The van der Waals surface area contributed by atoms with Gasteiger partial charge < -0.3 is 14.7 Å². The molecule has 0 aliphatic heterocycles. The lowest BCUT2D eigenvalue weighted by Crippen LogP contribution is -2.19. The van der Waals surface area contributed by atoms with Gasteiger partial charge in [0, 0.05) is 63.6 Å². The van der Waals surface area contributed by atoms with Gasteiger partial charge in [-0.05, 0) is 64.4 Å². The van der Waals surface area contributed by atoms with Crippen LogP contribution in [0.15, 0.2) is 58.4 Å². The van der Waals surface area contributed by atoms with Crippen LogP contribution in [0, 0.1) is 34.6 Å². The van der Waals surface area contributed by atoms with Gasteiger partial charge in [-0.25, -0.2) is 9.97 Å². The first kappa shape index (κ1) is 30.7. The predicted molar refractivity (Wildman–Crippen MR) is 176 cm³/mol. The van der Waals surface area contributed by atoms with Gasteiger partial charge in [0.05, 0.1) is 22.1 Å². The van der Waals surface area contributed by atoms with Crippen LogP contribution < -0.4 is 15.6 Å². The first-order valence-corrected chi connectivity index (χ1v) is 16.6. The van der Waals surface area contributed by atoms with Crippen LogP contribution in [-0.4, -0.2) is 35.7 Å². The Kier molecular flexibility index (Phi) is 8.31. The van der Waals surface area contributed by atoms with E-state index in [1.165, 1.54) is 12.1 Å². The van der Waals surface area contributed by atoms with E-state index in [0.717, 1.165) is 28.0 Å². The molecule has 2 aromatic carbocycles. The van der Waals surface area contributed by atoms with Gasteiger partial charge in [-0.2, -0.15) is 8.78 Å². The number of ether oxygens (including phenoxy) is 1. The maximum atomic E-state index is 13.0. The van der Waals surface area contributed by atoms with Crippen LogP contribution in [0.25, 0.3) is 34.0 Å². The lowest BCUT2D eigenvalue weighted by atomic mass is 10.1. The number of aromatic amines is 2. The molecule has 4 aromatic heterocycles. The lowest BCUT2D eigenvalue weighted by molar-refractivity contribution is -0.0497. The van der Waals surface area contributed by atoms with Gasteiger partial charge in [0.25, 0.3) is 0 Å². The Hall–Kier alpha value is -4.36. The summed E-state index contributed by atoms with van der Waals surface area (Å²) in [7, 11) is 3.12. The summed E-state index contributed by atoms with van der Waals surface area (Å²) >= 11 is 0. The van der Waals surface area contributed by atoms with E-state index in [-0.39, 0.29) is 16.6 Å². The molecule has 232 valence electrons. The molecule has 6 aromatic rings. The number of nitrogens with zero attached hydrogens (tertiary/aromatic N) is 4. The fourth-order valence-corrected chi connectivity index (χ4v) is 7.56. The highest BCUT2D eigenvalue weighted by Gasteiger charge is 2.18. The Morgan fingerprint density at radius 3 is 1.76 bits per heavy atom. The van der Waals surface area contributed by atoms with E-state index < -0.39 is 6.61 Å². The first-order valence-electron chi connectivity index (χ1n) is 14.1. The number of aromatic nitrogens is 6. The molecule has 0 aliphatic rings. The number of hydrogen-bond donors (Lipinski definition) is 2. The number of benzene rings is 2. The molecular formula is C32H30F2N6O3S2. The normalized spacial score (nSPS) is 11.7. The number of fused-ring (bicyclic) bond motifs is 2. The summed E-state index contributed by atoms with van der Waals surface area (Å²) in [6, 6.07) is 10.5. The molecule has 0 atom stereocenters. The molecule has 0 radical (unpaired) electrons. The maximum Gasteiger partial charge on any atom is 0.387 e. The number of halogens is 2. The number of hydrogen-bond acceptors (Lipinski definition) is 7. The molecule has 2 N–H and O–H groups in total. The summed E-state index contributed by atoms with van der Waals surface area (Å²) in [5, 5.41) is 0. The van der Waals surface area contributed by atoms with E-state index in [0.29, 0.717) is 56.7 Å². The third kappa shape index (κ3) is 6.01. The number of H-pyrrole nitrogens is 2. The zero-order valence-corrected chi connectivity index (χ0v) is 26.8. The summed E-state index contributed by atoms with van der Waals surface area (Å²) in [5.41, 5.74) is 7.92. The average molecular weight is 649 g/mol. The molecule has 45 heavy (non-hydrogen) atoms. The summed E-state index contributed by atoms with van der Waals surface area (Å²) < 4.78 is 33.8. The van der Waals surface area contributed by atoms with Crippen molar-refractivity contribution in [2.75, 3.05) is 0 Å². The highest BCUT2D eigenvalue weighted by Crippen LogP contribution is 2.32. The van der Waals surface area contributed by atoms with Crippen molar-refractivity contribution in [3.8, 4) is 17.6 Å². The van der Waals surface area contributed by atoms with Crippen molar-refractivity contribution in [3.63, 3.8) is 0 Å². The molecule has 0 unspecified atom stereocenters. The van der Waals surface area contributed by atoms with E-state index in [1.807, 2.05) is 47.4 Å². The summed E-state index contributed by atoms with van der Waals surface area (Å²) in [4.78, 5) is 41.9. The van der Waals surface area contributed by atoms with E-state index in [9.17, 15) is 18.4 Å². The second-order valence-electron chi connectivity index (χ2n) is 10.9. The van der Waals surface area contributed by atoms with Gasteiger partial charge in [-0.15, -0.1) is 0 Å². The van der Waals surface area contributed by atoms with Crippen molar-refractivity contribution in [1.82, 2.24) is 29.1 Å². The van der Waals surface area contributed by atoms with E-state index in [1.54, 1.807) is 54.6 Å². The SMILES string of the molecule is Cc1ccc2nc(-n3cc(C)c(=O)c(C)c3CSSCc3c(C)c(=O)c(C)cn3-c3nc4ccc(OC(F)F)cc4[nH]3)[nH]c2c1. The molecule has 0 bridgehead atoms.